The molecule has 1 N–H and O–H groups in total. The van der Waals surface area contributed by atoms with Crippen LogP contribution in [0.25, 0.3) is 0 Å². The molecule has 0 amide bonds. The Morgan fingerprint density at radius 3 is 2.68 bits per heavy atom. The number of nitrogens with one attached hydrogen (secondary N) is 1. The van der Waals surface area contributed by atoms with Crippen molar-refractivity contribution in [2.75, 3.05) is 39.3 Å². The Morgan fingerprint density at radius 2 is 2.00 bits per heavy atom. The average molecular weight is 289 g/mol. The van der Waals surface area contributed by atoms with E-state index in [2.05, 4.69) is 24.1 Å². The summed E-state index contributed by atoms with van der Waals surface area (Å²) in [5.41, 5.74) is 0. The highest BCUT2D eigenvalue weighted by Gasteiger charge is 2.06. The van der Waals surface area contributed by atoms with E-state index in [0.29, 0.717) is 13.2 Å². The van der Waals surface area contributed by atoms with Crippen molar-refractivity contribution in [3.8, 4) is 5.75 Å². The van der Waals surface area contributed by atoms with E-state index in [-0.39, 0.29) is 10.8 Å². The summed E-state index contributed by atoms with van der Waals surface area (Å²) in [5.74, 6) is -0.287. The Balaban J connectivity index is 2.16. The van der Waals surface area contributed by atoms with Crippen LogP contribution in [0.3, 0.4) is 0 Å². The first-order valence-electron chi connectivity index (χ1n) is 6.68. The molecule has 0 atom stereocenters. The molecular weight excluding hydrogens is 267 g/mol. The van der Waals surface area contributed by atoms with Gasteiger partial charge in [0.1, 0.15) is 6.61 Å². The van der Waals surface area contributed by atoms with Crippen LogP contribution in [0.2, 0.25) is 5.02 Å². The van der Waals surface area contributed by atoms with Crippen LogP contribution >= 0.6 is 11.6 Å². The lowest BCUT2D eigenvalue weighted by molar-refractivity contribution is 0.279. The first-order chi connectivity index (χ1) is 9.19. The van der Waals surface area contributed by atoms with Crippen molar-refractivity contribution in [2.24, 2.45) is 0 Å². The first kappa shape index (κ1) is 16.2. The van der Waals surface area contributed by atoms with E-state index in [0.717, 1.165) is 26.2 Å². The molecule has 1 aromatic rings. The summed E-state index contributed by atoms with van der Waals surface area (Å²) in [6, 6.07) is 4.76. The second kappa shape index (κ2) is 9.13. The third kappa shape index (κ3) is 5.76. The molecule has 0 bridgehead atoms. The molecule has 0 aliphatic carbocycles. The summed E-state index contributed by atoms with van der Waals surface area (Å²) in [5, 5.41) is 3.36. The van der Waals surface area contributed by atoms with Crippen LogP contribution in [0.4, 0.5) is 4.39 Å². The van der Waals surface area contributed by atoms with E-state index in [9.17, 15) is 4.39 Å². The summed E-state index contributed by atoms with van der Waals surface area (Å²) >= 11 is 5.67. The average Bonchev–Trinajstić information content (AvgIpc) is 2.42. The highest BCUT2D eigenvalue weighted by atomic mass is 35.5. The molecule has 0 unspecified atom stereocenters. The van der Waals surface area contributed by atoms with Gasteiger partial charge in [-0.15, -0.1) is 0 Å². The van der Waals surface area contributed by atoms with Crippen LogP contribution in [0, 0.1) is 5.82 Å². The molecule has 3 nitrogen and oxygen atoms in total. The summed E-state index contributed by atoms with van der Waals surface area (Å²) in [4.78, 5) is 2.34. The minimum Gasteiger partial charge on any atom is -0.489 e. The fourth-order valence-corrected chi connectivity index (χ4v) is 1.90. The van der Waals surface area contributed by atoms with Crippen LogP contribution in [0.5, 0.6) is 5.75 Å². The van der Waals surface area contributed by atoms with Gasteiger partial charge in [-0.2, -0.15) is 0 Å². The summed E-state index contributed by atoms with van der Waals surface area (Å²) in [7, 11) is 0. The fourth-order valence-electron chi connectivity index (χ4n) is 1.73. The van der Waals surface area contributed by atoms with Crippen molar-refractivity contribution in [1.29, 1.82) is 0 Å². The zero-order valence-corrected chi connectivity index (χ0v) is 12.3. The molecule has 108 valence electrons. The number of hydrogen-bond donors (Lipinski definition) is 1. The quantitative estimate of drug-likeness (QED) is 0.707. The molecule has 1 rings (SSSR count). The van der Waals surface area contributed by atoms with Crippen molar-refractivity contribution < 1.29 is 9.13 Å². The first-order valence-corrected chi connectivity index (χ1v) is 7.06. The van der Waals surface area contributed by atoms with Crippen LogP contribution in [-0.4, -0.2) is 44.2 Å². The van der Waals surface area contributed by atoms with Crippen LogP contribution in [0.1, 0.15) is 13.8 Å². The minimum absolute atomic E-state index is 0.0898. The van der Waals surface area contributed by atoms with E-state index in [1.807, 2.05) is 0 Å². The Hall–Kier alpha value is -0.840. The smallest absolute Gasteiger partial charge is 0.183 e. The van der Waals surface area contributed by atoms with E-state index in [1.165, 1.54) is 6.07 Å². The second-order valence-electron chi connectivity index (χ2n) is 4.18. The van der Waals surface area contributed by atoms with Crippen molar-refractivity contribution in [1.82, 2.24) is 10.2 Å². The predicted molar refractivity (Wildman–Crippen MR) is 77.6 cm³/mol. The maximum atomic E-state index is 13.5. The zero-order valence-electron chi connectivity index (χ0n) is 11.6. The maximum absolute atomic E-state index is 13.5. The standard InChI is InChI=1S/C14H22ClFN2O/c1-3-18(4-2)10-8-17-9-11-19-13-7-5-6-12(15)14(13)16/h5-7,17H,3-4,8-11H2,1-2H3. The number of halogens is 2. The number of ether oxygens (including phenoxy) is 1. The summed E-state index contributed by atoms with van der Waals surface area (Å²) < 4.78 is 18.8. The van der Waals surface area contributed by atoms with Gasteiger partial charge in [-0.3, -0.25) is 0 Å². The molecule has 0 saturated heterocycles. The molecule has 19 heavy (non-hydrogen) atoms. The van der Waals surface area contributed by atoms with Gasteiger partial charge in [0, 0.05) is 19.6 Å². The van der Waals surface area contributed by atoms with Crippen LogP contribution < -0.4 is 10.1 Å². The normalized spacial score (nSPS) is 11.0. The molecule has 0 aliphatic heterocycles. The third-order valence-corrected chi connectivity index (χ3v) is 3.24. The monoisotopic (exact) mass is 288 g/mol. The zero-order chi connectivity index (χ0) is 14.1. The van der Waals surface area contributed by atoms with Crippen molar-refractivity contribution in [3.05, 3.63) is 29.0 Å². The van der Waals surface area contributed by atoms with Gasteiger partial charge in [-0.05, 0) is 25.2 Å². The Kier molecular flexibility index (Phi) is 7.79. The van der Waals surface area contributed by atoms with Crippen molar-refractivity contribution in [2.45, 2.75) is 13.8 Å². The molecule has 1 aromatic carbocycles. The van der Waals surface area contributed by atoms with E-state index in [1.54, 1.807) is 12.1 Å². The minimum atomic E-state index is -0.493. The Bertz CT molecular complexity index is 372. The van der Waals surface area contributed by atoms with E-state index >= 15 is 0 Å². The number of likely N-dealkylation sites (N-methyl/N-ethyl adjacent to an activating group) is 1. The molecular formula is C14H22ClFN2O. The van der Waals surface area contributed by atoms with Gasteiger partial charge in [0.25, 0.3) is 0 Å². The lowest BCUT2D eigenvalue weighted by Gasteiger charge is -2.18. The number of benzene rings is 1. The Morgan fingerprint density at radius 1 is 1.26 bits per heavy atom. The second-order valence-corrected chi connectivity index (χ2v) is 4.58. The van der Waals surface area contributed by atoms with Gasteiger partial charge in [0.2, 0.25) is 0 Å². The molecule has 0 saturated carbocycles. The van der Waals surface area contributed by atoms with Gasteiger partial charge in [-0.25, -0.2) is 4.39 Å². The molecule has 0 spiro atoms. The maximum Gasteiger partial charge on any atom is 0.183 e. The highest BCUT2D eigenvalue weighted by molar-refractivity contribution is 6.30. The summed E-state index contributed by atoms with van der Waals surface area (Å²) in [6.07, 6.45) is 0. The largest absolute Gasteiger partial charge is 0.489 e. The highest BCUT2D eigenvalue weighted by Crippen LogP contribution is 2.23. The van der Waals surface area contributed by atoms with Crippen LogP contribution in [0.15, 0.2) is 18.2 Å². The van der Waals surface area contributed by atoms with E-state index in [4.69, 9.17) is 16.3 Å². The fraction of sp³-hybridized carbons (Fsp3) is 0.571. The lowest BCUT2D eigenvalue weighted by atomic mass is 10.3. The van der Waals surface area contributed by atoms with Gasteiger partial charge >= 0.3 is 0 Å². The topological polar surface area (TPSA) is 24.5 Å². The third-order valence-electron chi connectivity index (χ3n) is 2.95. The molecule has 0 aliphatic rings. The van der Waals surface area contributed by atoms with Gasteiger partial charge in [0.05, 0.1) is 5.02 Å². The van der Waals surface area contributed by atoms with Gasteiger partial charge in [-0.1, -0.05) is 31.5 Å². The number of rotatable bonds is 9. The molecule has 0 heterocycles. The van der Waals surface area contributed by atoms with Gasteiger partial charge < -0.3 is 15.0 Å². The molecule has 0 aromatic heterocycles. The Labute approximate surface area is 119 Å². The molecule has 0 fully saturated rings. The molecule has 5 heteroatoms. The number of nitrogens with zero attached hydrogens (tertiary/aromatic N) is 1. The van der Waals surface area contributed by atoms with Crippen molar-refractivity contribution in [3.63, 3.8) is 0 Å². The van der Waals surface area contributed by atoms with E-state index < -0.39 is 5.82 Å². The number of hydrogen-bond acceptors (Lipinski definition) is 3. The lowest BCUT2D eigenvalue weighted by Crippen LogP contribution is -2.33. The molecule has 0 radical (unpaired) electrons. The van der Waals surface area contributed by atoms with Gasteiger partial charge in [0.15, 0.2) is 11.6 Å². The SMILES string of the molecule is CCN(CC)CCNCCOc1cccc(Cl)c1F. The predicted octanol–water partition coefficient (Wildman–Crippen LogP) is 2.79. The summed E-state index contributed by atoms with van der Waals surface area (Å²) in [6.45, 7) is 9.44. The van der Waals surface area contributed by atoms with Crippen molar-refractivity contribution >= 4 is 11.6 Å². The van der Waals surface area contributed by atoms with Crippen LogP contribution in [-0.2, 0) is 0 Å².